The Labute approximate surface area is 126 Å². The van der Waals surface area contributed by atoms with Crippen LogP contribution >= 0.6 is 0 Å². The molecule has 0 radical (unpaired) electrons. The number of carbonyl (C=O) groups is 3. The predicted octanol–water partition coefficient (Wildman–Crippen LogP) is -0.245. The van der Waals surface area contributed by atoms with E-state index in [1.54, 1.807) is 30.3 Å². The van der Waals surface area contributed by atoms with E-state index in [4.69, 9.17) is 16.6 Å². The summed E-state index contributed by atoms with van der Waals surface area (Å²) in [5, 5.41) is 20.8. The first-order valence-corrected chi connectivity index (χ1v) is 6.66. The van der Waals surface area contributed by atoms with E-state index in [0.717, 1.165) is 0 Å². The minimum Gasteiger partial charge on any atom is -0.481 e. The van der Waals surface area contributed by atoms with Crippen molar-refractivity contribution >= 4 is 18.0 Å². The number of carboxylic acid groups (broad SMARTS) is 2. The Hall–Kier alpha value is -2.61. The highest BCUT2D eigenvalue weighted by Gasteiger charge is 2.62. The Kier molecular flexibility index (Phi) is 4.32. The molecule has 0 spiro atoms. The van der Waals surface area contributed by atoms with E-state index < -0.39 is 47.8 Å². The molecule has 8 heteroatoms. The number of rotatable bonds is 6. The molecule has 1 aromatic carbocycles. The third kappa shape index (κ3) is 3.01. The molecule has 0 aliphatic heterocycles. The fourth-order valence-corrected chi connectivity index (χ4v) is 2.96. The van der Waals surface area contributed by atoms with Gasteiger partial charge in [-0.2, -0.15) is 0 Å². The van der Waals surface area contributed by atoms with E-state index in [-0.39, 0.29) is 0 Å². The van der Waals surface area contributed by atoms with Crippen LogP contribution in [0.25, 0.3) is 0 Å². The van der Waals surface area contributed by atoms with Crippen LogP contribution in [0.1, 0.15) is 11.6 Å². The maximum Gasteiger partial charge on any atom is 0.320 e. The van der Waals surface area contributed by atoms with Gasteiger partial charge in [0.05, 0.1) is 12.0 Å². The van der Waals surface area contributed by atoms with Crippen molar-refractivity contribution < 1.29 is 24.6 Å². The number of urea groups is 1. The number of primary amides is 1. The average Bonchev–Trinajstić information content (AvgIpc) is 3.19. The molecule has 1 aromatic rings. The van der Waals surface area contributed by atoms with E-state index in [1.807, 2.05) is 0 Å². The van der Waals surface area contributed by atoms with Gasteiger partial charge in [-0.1, -0.05) is 30.3 Å². The maximum atomic E-state index is 11.3. The van der Waals surface area contributed by atoms with Crippen molar-refractivity contribution in [2.24, 2.45) is 29.2 Å². The van der Waals surface area contributed by atoms with Gasteiger partial charge in [-0.3, -0.25) is 9.59 Å². The number of carbonyl (C=O) groups excluding carboxylic acids is 1. The van der Waals surface area contributed by atoms with Gasteiger partial charge in [0, 0.05) is 11.8 Å². The van der Waals surface area contributed by atoms with Crippen molar-refractivity contribution in [1.82, 2.24) is 5.32 Å². The van der Waals surface area contributed by atoms with E-state index in [1.165, 1.54) is 0 Å². The van der Waals surface area contributed by atoms with Crippen LogP contribution in [0.4, 0.5) is 4.79 Å². The first kappa shape index (κ1) is 15.8. The van der Waals surface area contributed by atoms with Crippen LogP contribution in [0.5, 0.6) is 0 Å². The topological polar surface area (TPSA) is 156 Å². The Morgan fingerprint density at radius 1 is 1.09 bits per heavy atom. The van der Waals surface area contributed by atoms with Crippen LogP contribution in [0, 0.1) is 17.8 Å². The van der Waals surface area contributed by atoms with E-state index in [0.29, 0.717) is 5.56 Å². The molecule has 1 saturated carbocycles. The monoisotopic (exact) mass is 307 g/mol. The molecule has 1 fully saturated rings. The van der Waals surface area contributed by atoms with Crippen LogP contribution < -0.4 is 16.8 Å². The summed E-state index contributed by atoms with van der Waals surface area (Å²) < 4.78 is 0. The Morgan fingerprint density at radius 2 is 1.68 bits per heavy atom. The van der Waals surface area contributed by atoms with Gasteiger partial charge < -0.3 is 27.0 Å². The number of nitrogens with one attached hydrogen (secondary N) is 1. The second-order valence-electron chi connectivity index (χ2n) is 5.28. The van der Waals surface area contributed by atoms with Crippen LogP contribution in [0.3, 0.4) is 0 Å². The smallest absolute Gasteiger partial charge is 0.320 e. The average molecular weight is 307 g/mol. The third-order valence-corrected chi connectivity index (χ3v) is 3.96. The SMILES string of the molecule is NC(=O)NC(c1ccccc1)C1C(C(=O)O)C1C(N)C(=O)O. The molecular weight excluding hydrogens is 290 g/mol. The standard InChI is InChI=1S/C14H17N3O5/c15-10(13(20)21)7-8(9(7)12(18)19)11(17-14(16)22)6-4-2-1-3-5-6/h1-5,7-11H,15H2,(H,18,19)(H,20,21)(H3,16,17,22). The highest BCUT2D eigenvalue weighted by atomic mass is 16.4. The second-order valence-corrected chi connectivity index (χ2v) is 5.28. The molecule has 0 saturated heterocycles. The number of hydrogen-bond donors (Lipinski definition) is 5. The molecule has 1 aliphatic carbocycles. The Bertz CT molecular complexity index is 591. The summed E-state index contributed by atoms with van der Waals surface area (Å²) in [5.41, 5.74) is 11.4. The van der Waals surface area contributed by atoms with E-state index in [2.05, 4.69) is 5.32 Å². The number of aliphatic carboxylic acids is 2. The molecule has 2 amide bonds. The van der Waals surface area contributed by atoms with Gasteiger partial charge in [-0.15, -0.1) is 0 Å². The molecule has 118 valence electrons. The molecule has 0 heterocycles. The van der Waals surface area contributed by atoms with Gasteiger partial charge in [0.25, 0.3) is 0 Å². The first-order valence-electron chi connectivity index (χ1n) is 6.66. The zero-order chi connectivity index (χ0) is 16.4. The van der Waals surface area contributed by atoms with Crippen LogP contribution in [-0.4, -0.2) is 34.2 Å². The fraction of sp³-hybridized carbons (Fsp3) is 0.357. The van der Waals surface area contributed by atoms with E-state index in [9.17, 15) is 19.5 Å². The summed E-state index contributed by atoms with van der Waals surface area (Å²) in [6.07, 6.45) is 0. The molecule has 8 nitrogen and oxygen atoms in total. The highest BCUT2D eigenvalue weighted by molar-refractivity contribution is 5.81. The molecule has 0 aromatic heterocycles. The van der Waals surface area contributed by atoms with Crippen molar-refractivity contribution in [3.05, 3.63) is 35.9 Å². The highest BCUT2D eigenvalue weighted by Crippen LogP contribution is 2.55. The Balaban J connectivity index is 2.32. The van der Waals surface area contributed by atoms with Crippen LogP contribution in [-0.2, 0) is 9.59 Å². The lowest BCUT2D eigenvalue weighted by molar-refractivity contribution is -0.140. The molecular formula is C14H17N3O5. The summed E-state index contributed by atoms with van der Waals surface area (Å²) >= 11 is 0. The normalized spacial score (nSPS) is 25.8. The number of hydrogen-bond acceptors (Lipinski definition) is 4. The summed E-state index contributed by atoms with van der Waals surface area (Å²) in [4.78, 5) is 33.6. The van der Waals surface area contributed by atoms with Crippen molar-refractivity contribution in [3.63, 3.8) is 0 Å². The molecule has 2 rings (SSSR count). The molecule has 22 heavy (non-hydrogen) atoms. The summed E-state index contributed by atoms with van der Waals surface area (Å²) in [6.45, 7) is 0. The lowest BCUT2D eigenvalue weighted by Crippen LogP contribution is -2.37. The van der Waals surface area contributed by atoms with E-state index >= 15 is 0 Å². The number of benzene rings is 1. The minimum absolute atomic E-state index is 0.626. The van der Waals surface area contributed by atoms with Crippen molar-refractivity contribution in [2.75, 3.05) is 0 Å². The van der Waals surface area contributed by atoms with Gasteiger partial charge in [0.15, 0.2) is 0 Å². The van der Waals surface area contributed by atoms with Crippen molar-refractivity contribution in [3.8, 4) is 0 Å². The molecule has 1 aliphatic rings. The summed E-state index contributed by atoms with van der Waals surface area (Å²) in [5.74, 6) is -4.75. The van der Waals surface area contributed by atoms with Crippen molar-refractivity contribution in [1.29, 1.82) is 0 Å². The van der Waals surface area contributed by atoms with Crippen molar-refractivity contribution in [2.45, 2.75) is 12.1 Å². The number of amides is 2. The summed E-state index contributed by atoms with van der Waals surface area (Å²) in [6, 6.07) is 5.83. The molecule has 5 atom stereocenters. The second kappa shape index (κ2) is 6.02. The lowest BCUT2D eigenvalue weighted by Gasteiger charge is -2.19. The number of nitrogens with two attached hydrogens (primary N) is 2. The number of carboxylic acids is 2. The Morgan fingerprint density at radius 3 is 2.14 bits per heavy atom. The zero-order valence-electron chi connectivity index (χ0n) is 11.5. The quantitative estimate of drug-likeness (QED) is 0.488. The molecule has 0 bridgehead atoms. The van der Waals surface area contributed by atoms with Crippen LogP contribution in [0.15, 0.2) is 30.3 Å². The minimum atomic E-state index is -1.31. The van der Waals surface area contributed by atoms with Gasteiger partial charge in [-0.05, 0) is 5.56 Å². The fourth-order valence-electron chi connectivity index (χ4n) is 2.96. The molecule has 5 unspecified atom stereocenters. The maximum absolute atomic E-state index is 11.3. The van der Waals surface area contributed by atoms with Gasteiger partial charge in [0.2, 0.25) is 0 Å². The van der Waals surface area contributed by atoms with Crippen LogP contribution in [0.2, 0.25) is 0 Å². The zero-order valence-corrected chi connectivity index (χ0v) is 11.5. The van der Waals surface area contributed by atoms with Gasteiger partial charge >= 0.3 is 18.0 Å². The summed E-state index contributed by atoms with van der Waals surface area (Å²) in [7, 11) is 0. The van der Waals surface area contributed by atoms with Gasteiger partial charge in [-0.25, -0.2) is 4.79 Å². The lowest BCUT2D eigenvalue weighted by atomic mass is 9.99. The van der Waals surface area contributed by atoms with Gasteiger partial charge in [0.1, 0.15) is 6.04 Å². The first-order chi connectivity index (χ1) is 10.3. The predicted molar refractivity (Wildman–Crippen MR) is 75.6 cm³/mol. The molecule has 7 N–H and O–H groups in total. The third-order valence-electron chi connectivity index (χ3n) is 3.96. The largest absolute Gasteiger partial charge is 0.481 e.